The molecule has 0 aromatic carbocycles. The maximum absolute atomic E-state index is 12.2. The Bertz CT molecular complexity index is 304. The van der Waals surface area contributed by atoms with E-state index < -0.39 is 0 Å². The Balaban J connectivity index is 4.59. The Morgan fingerprint density at radius 1 is 1.11 bits per heavy atom. The molecule has 1 N–H and O–H groups in total. The van der Waals surface area contributed by atoms with Crippen molar-refractivity contribution < 1.29 is 9.53 Å². The Hall–Kier alpha value is -0.770. The molecular formula is C15H32N2O2. The highest BCUT2D eigenvalue weighted by atomic mass is 16.5. The SMILES string of the molecule is CCC(C)(C)OCC(C)(C)N(C)C(=O)NC(C)(C)C. The van der Waals surface area contributed by atoms with Gasteiger partial charge in [0.05, 0.1) is 17.7 Å². The number of hydrogen-bond acceptors (Lipinski definition) is 2. The van der Waals surface area contributed by atoms with Gasteiger partial charge in [-0.05, 0) is 54.9 Å². The number of carbonyl (C=O) groups is 1. The zero-order valence-corrected chi connectivity index (χ0v) is 14.2. The molecule has 4 heteroatoms. The van der Waals surface area contributed by atoms with Gasteiger partial charge in [-0.15, -0.1) is 0 Å². The van der Waals surface area contributed by atoms with Crippen LogP contribution in [0, 0.1) is 0 Å². The minimum atomic E-state index is -0.345. The van der Waals surface area contributed by atoms with E-state index in [9.17, 15) is 4.79 Å². The molecule has 2 amide bonds. The minimum absolute atomic E-state index is 0.0737. The van der Waals surface area contributed by atoms with Crippen molar-refractivity contribution in [2.24, 2.45) is 0 Å². The summed E-state index contributed by atoms with van der Waals surface area (Å²) in [6, 6.07) is -0.0737. The molecule has 0 aliphatic heterocycles. The van der Waals surface area contributed by atoms with Gasteiger partial charge in [-0.2, -0.15) is 0 Å². The van der Waals surface area contributed by atoms with E-state index in [1.165, 1.54) is 0 Å². The Morgan fingerprint density at radius 3 is 1.95 bits per heavy atom. The molecule has 114 valence electrons. The van der Waals surface area contributed by atoms with Crippen LogP contribution < -0.4 is 5.32 Å². The van der Waals surface area contributed by atoms with E-state index in [4.69, 9.17) is 4.74 Å². The highest BCUT2D eigenvalue weighted by Gasteiger charge is 2.31. The molecule has 0 rings (SSSR count). The zero-order chi connectivity index (χ0) is 15.5. The molecule has 0 bridgehead atoms. The first kappa shape index (κ1) is 18.2. The summed E-state index contributed by atoms with van der Waals surface area (Å²) in [7, 11) is 1.81. The Kier molecular flexibility index (Phi) is 5.87. The van der Waals surface area contributed by atoms with E-state index in [0.29, 0.717) is 6.61 Å². The molecule has 0 fully saturated rings. The fourth-order valence-electron chi connectivity index (χ4n) is 1.25. The van der Waals surface area contributed by atoms with E-state index in [1.54, 1.807) is 4.90 Å². The topological polar surface area (TPSA) is 41.6 Å². The normalized spacial score (nSPS) is 13.3. The van der Waals surface area contributed by atoms with Crippen molar-refractivity contribution in [3.05, 3.63) is 0 Å². The maximum Gasteiger partial charge on any atom is 0.318 e. The first-order valence-electron chi connectivity index (χ1n) is 7.01. The van der Waals surface area contributed by atoms with Gasteiger partial charge in [0, 0.05) is 12.6 Å². The molecule has 0 atom stereocenters. The van der Waals surface area contributed by atoms with Crippen LogP contribution in [-0.4, -0.2) is 41.3 Å². The number of likely N-dealkylation sites (N-methyl/N-ethyl adjacent to an activating group) is 1. The Morgan fingerprint density at radius 2 is 1.58 bits per heavy atom. The van der Waals surface area contributed by atoms with Crippen LogP contribution in [0.25, 0.3) is 0 Å². The summed E-state index contributed by atoms with van der Waals surface area (Å²) in [4.78, 5) is 13.9. The van der Waals surface area contributed by atoms with Crippen LogP contribution in [0.1, 0.15) is 61.8 Å². The fourth-order valence-corrected chi connectivity index (χ4v) is 1.25. The summed E-state index contributed by atoms with van der Waals surface area (Å²) < 4.78 is 5.92. The van der Waals surface area contributed by atoms with Crippen molar-refractivity contribution >= 4 is 6.03 Å². The van der Waals surface area contributed by atoms with Gasteiger partial charge in [0.1, 0.15) is 0 Å². The standard InChI is InChI=1S/C15H32N2O2/c1-10-15(7,8)19-11-14(5,6)17(9)12(18)16-13(2,3)4/h10-11H2,1-9H3,(H,16,18). The molecule has 0 saturated heterocycles. The van der Waals surface area contributed by atoms with Crippen LogP contribution in [0.4, 0.5) is 4.79 Å². The van der Waals surface area contributed by atoms with Crippen LogP contribution in [0.3, 0.4) is 0 Å². The van der Waals surface area contributed by atoms with E-state index in [1.807, 2.05) is 41.7 Å². The molecule has 0 saturated carbocycles. The third-order valence-electron chi connectivity index (χ3n) is 3.36. The van der Waals surface area contributed by atoms with Gasteiger partial charge in [-0.25, -0.2) is 4.79 Å². The summed E-state index contributed by atoms with van der Waals surface area (Å²) >= 11 is 0. The molecule has 0 heterocycles. The molecular weight excluding hydrogens is 240 g/mol. The molecule has 0 unspecified atom stereocenters. The lowest BCUT2D eigenvalue weighted by Gasteiger charge is -2.39. The third-order valence-corrected chi connectivity index (χ3v) is 3.36. The predicted octanol–water partition coefficient (Wildman–Crippen LogP) is 3.41. The third kappa shape index (κ3) is 6.81. The number of nitrogens with one attached hydrogen (secondary N) is 1. The van der Waals surface area contributed by atoms with Crippen molar-refractivity contribution in [3.8, 4) is 0 Å². The van der Waals surface area contributed by atoms with Crippen LogP contribution in [0.15, 0.2) is 0 Å². The fraction of sp³-hybridized carbons (Fsp3) is 0.933. The molecule has 4 nitrogen and oxygen atoms in total. The van der Waals surface area contributed by atoms with Gasteiger partial charge in [-0.1, -0.05) is 6.92 Å². The lowest BCUT2D eigenvalue weighted by atomic mass is 10.0. The molecule has 19 heavy (non-hydrogen) atoms. The van der Waals surface area contributed by atoms with Crippen LogP contribution >= 0.6 is 0 Å². The highest BCUT2D eigenvalue weighted by molar-refractivity contribution is 5.75. The number of amides is 2. The summed E-state index contributed by atoms with van der Waals surface area (Å²) in [5.74, 6) is 0. The van der Waals surface area contributed by atoms with Gasteiger partial charge in [0.15, 0.2) is 0 Å². The first-order valence-corrected chi connectivity index (χ1v) is 7.01. The Labute approximate surface area is 118 Å². The predicted molar refractivity (Wildman–Crippen MR) is 80.4 cm³/mol. The second-order valence-corrected chi connectivity index (χ2v) is 7.45. The molecule has 0 radical (unpaired) electrons. The summed E-state index contributed by atoms with van der Waals surface area (Å²) in [6.45, 7) is 16.7. The van der Waals surface area contributed by atoms with Crippen LogP contribution in [-0.2, 0) is 4.74 Å². The minimum Gasteiger partial charge on any atom is -0.373 e. The second-order valence-electron chi connectivity index (χ2n) is 7.45. The quantitative estimate of drug-likeness (QED) is 0.833. The first-order chi connectivity index (χ1) is 8.31. The number of carbonyl (C=O) groups excluding carboxylic acids is 1. The van der Waals surface area contributed by atoms with E-state index >= 15 is 0 Å². The molecule has 0 aromatic rings. The summed E-state index contributed by atoms with van der Waals surface area (Å²) in [5.41, 5.74) is -0.731. The van der Waals surface area contributed by atoms with Crippen molar-refractivity contribution in [1.82, 2.24) is 10.2 Å². The molecule has 0 aliphatic carbocycles. The van der Waals surface area contributed by atoms with Gasteiger partial charge < -0.3 is 15.0 Å². The summed E-state index contributed by atoms with van der Waals surface area (Å²) in [5, 5.41) is 2.97. The van der Waals surface area contributed by atoms with Crippen molar-refractivity contribution in [2.45, 2.75) is 78.5 Å². The number of rotatable bonds is 5. The average molecular weight is 272 g/mol. The van der Waals surface area contributed by atoms with E-state index in [2.05, 4.69) is 26.1 Å². The zero-order valence-electron chi connectivity index (χ0n) is 14.2. The van der Waals surface area contributed by atoms with E-state index in [-0.39, 0.29) is 22.7 Å². The largest absolute Gasteiger partial charge is 0.373 e. The number of urea groups is 1. The average Bonchev–Trinajstić information content (AvgIpc) is 2.23. The van der Waals surface area contributed by atoms with Gasteiger partial charge in [0.25, 0.3) is 0 Å². The highest BCUT2D eigenvalue weighted by Crippen LogP contribution is 2.20. The molecule has 0 spiro atoms. The molecule has 0 aliphatic rings. The van der Waals surface area contributed by atoms with Crippen LogP contribution in [0.5, 0.6) is 0 Å². The number of hydrogen-bond donors (Lipinski definition) is 1. The van der Waals surface area contributed by atoms with Gasteiger partial charge in [-0.3, -0.25) is 0 Å². The number of nitrogens with zero attached hydrogens (tertiary/aromatic N) is 1. The van der Waals surface area contributed by atoms with Crippen LogP contribution in [0.2, 0.25) is 0 Å². The summed E-state index contributed by atoms with van der Waals surface area (Å²) in [6.07, 6.45) is 0.945. The van der Waals surface area contributed by atoms with Crippen molar-refractivity contribution in [3.63, 3.8) is 0 Å². The van der Waals surface area contributed by atoms with Gasteiger partial charge >= 0.3 is 6.03 Å². The lowest BCUT2D eigenvalue weighted by Crippen LogP contribution is -2.56. The lowest BCUT2D eigenvalue weighted by molar-refractivity contribution is -0.0607. The monoisotopic (exact) mass is 272 g/mol. The van der Waals surface area contributed by atoms with E-state index in [0.717, 1.165) is 6.42 Å². The molecule has 0 aromatic heterocycles. The number of ether oxygens (including phenoxy) is 1. The van der Waals surface area contributed by atoms with Gasteiger partial charge in [0.2, 0.25) is 0 Å². The second kappa shape index (κ2) is 6.12. The van der Waals surface area contributed by atoms with Crippen molar-refractivity contribution in [1.29, 1.82) is 0 Å². The van der Waals surface area contributed by atoms with Crippen molar-refractivity contribution in [2.75, 3.05) is 13.7 Å². The maximum atomic E-state index is 12.2. The smallest absolute Gasteiger partial charge is 0.318 e.